The van der Waals surface area contributed by atoms with Crippen LogP contribution >= 0.6 is 0 Å². The molecule has 0 aliphatic carbocycles. The largest absolute Gasteiger partial charge is 0.444 e. The van der Waals surface area contributed by atoms with Crippen LogP contribution in [0, 0.1) is 5.92 Å². The number of hydrogen-bond acceptors (Lipinski definition) is 4. The number of benzene rings is 1. The normalized spacial score (nSPS) is 16.3. The second kappa shape index (κ2) is 7.68. The molecular formula is C18H29N3O2. The molecule has 23 heavy (non-hydrogen) atoms. The van der Waals surface area contributed by atoms with E-state index in [4.69, 9.17) is 10.5 Å². The molecule has 1 fully saturated rings. The first-order valence-corrected chi connectivity index (χ1v) is 8.38. The number of anilines is 1. The number of alkyl carbamates (subject to hydrolysis) is 1. The fourth-order valence-electron chi connectivity index (χ4n) is 2.78. The number of hydrogen-bond donors (Lipinski definition) is 2. The van der Waals surface area contributed by atoms with Crippen LogP contribution in [-0.4, -0.2) is 31.3 Å². The summed E-state index contributed by atoms with van der Waals surface area (Å²) in [5.41, 5.74) is 7.60. The Kier molecular flexibility index (Phi) is 5.88. The molecule has 1 aliphatic heterocycles. The maximum atomic E-state index is 11.7. The maximum absolute atomic E-state index is 11.7. The van der Waals surface area contributed by atoms with Gasteiger partial charge in [-0.05, 0) is 57.2 Å². The minimum absolute atomic E-state index is 0.322. The van der Waals surface area contributed by atoms with Gasteiger partial charge in [-0.15, -0.1) is 0 Å². The number of nitrogens with zero attached hydrogens (tertiary/aromatic N) is 1. The number of rotatable bonds is 4. The predicted octanol–water partition coefficient (Wildman–Crippen LogP) is 2.89. The lowest BCUT2D eigenvalue weighted by molar-refractivity contribution is 0.0517. The number of amides is 1. The molecule has 1 aromatic carbocycles. The maximum Gasteiger partial charge on any atom is 0.407 e. The van der Waals surface area contributed by atoms with Gasteiger partial charge in [-0.2, -0.15) is 0 Å². The number of nitrogens with two attached hydrogens (primary N) is 1. The summed E-state index contributed by atoms with van der Waals surface area (Å²) >= 11 is 0. The Bertz CT molecular complexity index is 500. The highest BCUT2D eigenvalue weighted by molar-refractivity contribution is 5.67. The lowest BCUT2D eigenvalue weighted by Gasteiger charge is -2.34. The molecule has 3 N–H and O–H groups in total. The summed E-state index contributed by atoms with van der Waals surface area (Å²) in [6.45, 7) is 8.93. The lowest BCUT2D eigenvalue weighted by Crippen LogP contribution is -2.40. The number of piperidine rings is 1. The van der Waals surface area contributed by atoms with Crippen molar-refractivity contribution in [3.8, 4) is 0 Å². The zero-order valence-electron chi connectivity index (χ0n) is 14.5. The zero-order valence-corrected chi connectivity index (χ0v) is 14.5. The highest BCUT2D eigenvalue weighted by Gasteiger charge is 2.21. The number of carbonyl (C=O) groups excluding carboxylic acids is 1. The molecule has 0 bridgehead atoms. The van der Waals surface area contributed by atoms with Crippen molar-refractivity contribution in [1.29, 1.82) is 0 Å². The lowest BCUT2D eigenvalue weighted by atomic mass is 9.96. The Labute approximate surface area is 139 Å². The van der Waals surface area contributed by atoms with Gasteiger partial charge >= 0.3 is 6.09 Å². The van der Waals surface area contributed by atoms with E-state index in [1.165, 1.54) is 5.69 Å². The van der Waals surface area contributed by atoms with Crippen molar-refractivity contribution in [3.63, 3.8) is 0 Å². The molecule has 5 nitrogen and oxygen atoms in total. The summed E-state index contributed by atoms with van der Waals surface area (Å²) in [7, 11) is 0. The molecule has 0 radical (unpaired) electrons. The van der Waals surface area contributed by atoms with Crippen LogP contribution in [0.15, 0.2) is 24.3 Å². The average Bonchev–Trinajstić information content (AvgIpc) is 2.52. The fraction of sp³-hybridized carbons (Fsp3) is 0.611. The molecule has 2 rings (SSSR count). The third-order valence-corrected chi connectivity index (χ3v) is 4.09. The zero-order chi connectivity index (χ0) is 16.9. The standard InChI is InChI=1S/C18H29N3O2/c1-18(2,3)23-17(22)20-13-15-8-10-21(11-9-15)16-6-4-14(12-19)5-7-16/h4-7,15H,8-13,19H2,1-3H3,(H,20,22). The van der Waals surface area contributed by atoms with E-state index in [0.29, 0.717) is 19.0 Å². The predicted molar refractivity (Wildman–Crippen MR) is 93.5 cm³/mol. The van der Waals surface area contributed by atoms with Gasteiger partial charge in [0.1, 0.15) is 5.60 Å². The van der Waals surface area contributed by atoms with Crippen LogP contribution in [0.4, 0.5) is 10.5 Å². The van der Waals surface area contributed by atoms with Crippen LogP contribution in [-0.2, 0) is 11.3 Å². The summed E-state index contributed by atoms with van der Waals surface area (Å²) in [4.78, 5) is 14.1. The van der Waals surface area contributed by atoms with Crippen molar-refractivity contribution in [2.75, 3.05) is 24.5 Å². The topological polar surface area (TPSA) is 67.6 Å². The van der Waals surface area contributed by atoms with Crippen molar-refractivity contribution in [1.82, 2.24) is 5.32 Å². The molecule has 0 unspecified atom stereocenters. The van der Waals surface area contributed by atoms with Crippen LogP contribution < -0.4 is 16.0 Å². The van der Waals surface area contributed by atoms with Gasteiger partial charge in [0.25, 0.3) is 0 Å². The first kappa shape index (κ1) is 17.6. The van der Waals surface area contributed by atoms with Crippen LogP contribution in [0.5, 0.6) is 0 Å². The number of nitrogens with one attached hydrogen (secondary N) is 1. The Hall–Kier alpha value is -1.75. The monoisotopic (exact) mass is 319 g/mol. The molecule has 0 atom stereocenters. The quantitative estimate of drug-likeness (QED) is 0.895. The van der Waals surface area contributed by atoms with E-state index >= 15 is 0 Å². The van der Waals surface area contributed by atoms with Crippen molar-refractivity contribution in [3.05, 3.63) is 29.8 Å². The SMILES string of the molecule is CC(C)(C)OC(=O)NCC1CCN(c2ccc(CN)cc2)CC1. The fourth-order valence-corrected chi connectivity index (χ4v) is 2.78. The smallest absolute Gasteiger partial charge is 0.407 e. The van der Waals surface area contributed by atoms with Crippen LogP contribution in [0.1, 0.15) is 39.2 Å². The van der Waals surface area contributed by atoms with Gasteiger partial charge in [0, 0.05) is 31.9 Å². The summed E-state index contributed by atoms with van der Waals surface area (Å²) in [6.07, 6.45) is 1.83. The second-order valence-corrected chi connectivity index (χ2v) is 7.18. The molecule has 1 aliphatic rings. The second-order valence-electron chi connectivity index (χ2n) is 7.18. The molecule has 1 heterocycles. The van der Waals surface area contributed by atoms with E-state index in [0.717, 1.165) is 31.5 Å². The molecule has 0 saturated carbocycles. The Morgan fingerprint density at radius 2 is 1.87 bits per heavy atom. The Balaban J connectivity index is 1.74. The van der Waals surface area contributed by atoms with Crippen molar-refractivity contribution >= 4 is 11.8 Å². The summed E-state index contributed by atoms with van der Waals surface area (Å²) in [6, 6.07) is 8.46. The van der Waals surface area contributed by atoms with Crippen molar-refractivity contribution < 1.29 is 9.53 Å². The third-order valence-electron chi connectivity index (χ3n) is 4.09. The van der Waals surface area contributed by atoms with E-state index in [2.05, 4.69) is 34.5 Å². The molecular weight excluding hydrogens is 290 g/mol. The summed E-state index contributed by atoms with van der Waals surface area (Å²) in [5, 5.41) is 2.89. The van der Waals surface area contributed by atoms with E-state index in [9.17, 15) is 4.79 Å². The molecule has 5 heteroatoms. The molecule has 0 spiro atoms. The van der Waals surface area contributed by atoms with Gasteiger partial charge < -0.3 is 20.7 Å². The molecule has 1 saturated heterocycles. The molecule has 1 amide bonds. The minimum atomic E-state index is -0.441. The average molecular weight is 319 g/mol. The number of ether oxygens (including phenoxy) is 1. The van der Waals surface area contributed by atoms with Crippen LogP contribution in [0.2, 0.25) is 0 Å². The van der Waals surface area contributed by atoms with E-state index in [1.54, 1.807) is 0 Å². The number of carbonyl (C=O) groups is 1. The third kappa shape index (κ3) is 5.75. The summed E-state index contributed by atoms with van der Waals surface area (Å²) < 4.78 is 5.27. The van der Waals surface area contributed by atoms with Gasteiger partial charge in [-0.25, -0.2) is 4.79 Å². The van der Waals surface area contributed by atoms with Crippen LogP contribution in [0.3, 0.4) is 0 Å². The van der Waals surface area contributed by atoms with Gasteiger partial charge in [-0.1, -0.05) is 12.1 Å². The van der Waals surface area contributed by atoms with Gasteiger partial charge in [0.2, 0.25) is 0 Å². The summed E-state index contributed by atoms with van der Waals surface area (Å²) in [5.74, 6) is 0.516. The first-order valence-electron chi connectivity index (χ1n) is 8.38. The highest BCUT2D eigenvalue weighted by atomic mass is 16.6. The minimum Gasteiger partial charge on any atom is -0.444 e. The first-order chi connectivity index (χ1) is 10.9. The van der Waals surface area contributed by atoms with Gasteiger partial charge in [0.05, 0.1) is 0 Å². The van der Waals surface area contributed by atoms with E-state index in [1.807, 2.05) is 20.8 Å². The molecule has 0 aromatic heterocycles. The Morgan fingerprint density at radius 1 is 1.26 bits per heavy atom. The van der Waals surface area contributed by atoms with Crippen molar-refractivity contribution in [2.45, 2.75) is 45.8 Å². The van der Waals surface area contributed by atoms with Crippen molar-refractivity contribution in [2.24, 2.45) is 11.7 Å². The van der Waals surface area contributed by atoms with Gasteiger partial charge in [0.15, 0.2) is 0 Å². The van der Waals surface area contributed by atoms with E-state index < -0.39 is 5.60 Å². The van der Waals surface area contributed by atoms with E-state index in [-0.39, 0.29) is 6.09 Å². The van der Waals surface area contributed by atoms with Gasteiger partial charge in [-0.3, -0.25) is 0 Å². The molecule has 1 aromatic rings. The molecule has 128 valence electrons. The van der Waals surface area contributed by atoms with Crippen LogP contribution in [0.25, 0.3) is 0 Å². The Morgan fingerprint density at radius 3 is 2.39 bits per heavy atom. The highest BCUT2D eigenvalue weighted by Crippen LogP contribution is 2.23.